The lowest BCUT2D eigenvalue weighted by Gasteiger charge is -2.05. The fourth-order valence-electron chi connectivity index (χ4n) is 2.42. The monoisotopic (exact) mass is 357 g/mol. The van der Waals surface area contributed by atoms with Crippen molar-refractivity contribution >= 4 is 5.90 Å². The van der Waals surface area contributed by atoms with E-state index in [4.69, 9.17) is 9.26 Å². The Morgan fingerprint density at radius 2 is 2.00 bits per heavy atom. The molecule has 1 N–H and O–H groups in total. The third-order valence-corrected chi connectivity index (χ3v) is 3.77. The second-order valence-corrected chi connectivity index (χ2v) is 5.39. The second-order valence-electron chi connectivity index (χ2n) is 5.39. The molecule has 1 heterocycles. The number of hydrogen-bond acceptors (Lipinski definition) is 5. The lowest BCUT2D eigenvalue weighted by molar-refractivity contribution is -0.673. The summed E-state index contributed by atoms with van der Waals surface area (Å²) in [5, 5.41) is 14.7. The highest BCUT2D eigenvalue weighted by Gasteiger charge is 2.23. The molecule has 0 atom stereocenters. The number of aliphatic imine (C=N–C) groups is 1. The minimum Gasteiger partial charge on any atom is -0.854 e. The maximum absolute atomic E-state index is 13.6. The van der Waals surface area contributed by atoms with Crippen molar-refractivity contribution in [3.8, 4) is 11.4 Å². The van der Waals surface area contributed by atoms with Crippen LogP contribution in [0, 0.1) is 5.82 Å². The molecule has 7 nitrogen and oxygen atoms in total. The molecule has 0 bridgehead atoms. The molecular weight excluding hydrogens is 341 g/mol. The van der Waals surface area contributed by atoms with Crippen molar-refractivity contribution in [2.24, 2.45) is 4.99 Å². The molecule has 0 spiro atoms. The van der Waals surface area contributed by atoms with Crippen molar-refractivity contribution in [2.75, 3.05) is 13.7 Å². The lowest BCUT2D eigenvalue weighted by Crippen LogP contribution is -2.44. The number of benzene rings is 2. The Morgan fingerprint density at radius 1 is 1.27 bits per heavy atom. The molecular formula is C18H16FN3O4. The van der Waals surface area contributed by atoms with E-state index in [9.17, 15) is 14.3 Å². The van der Waals surface area contributed by atoms with Crippen LogP contribution in [0.5, 0.6) is 5.75 Å². The Labute approximate surface area is 147 Å². The van der Waals surface area contributed by atoms with E-state index in [1.807, 2.05) is 0 Å². The molecule has 0 radical (unpaired) electrons. The number of ether oxygens (including phenoxy) is 1. The first-order valence-corrected chi connectivity index (χ1v) is 7.83. The average molecular weight is 357 g/mol. The van der Waals surface area contributed by atoms with Gasteiger partial charge in [0.1, 0.15) is 11.6 Å². The van der Waals surface area contributed by atoms with Gasteiger partial charge >= 0.3 is 11.3 Å². The number of methoxy groups -OCH3 is 1. The zero-order valence-corrected chi connectivity index (χ0v) is 13.9. The van der Waals surface area contributed by atoms with Gasteiger partial charge in [-0.3, -0.25) is 9.52 Å². The summed E-state index contributed by atoms with van der Waals surface area (Å²) < 4.78 is 24.6. The molecule has 2 aromatic carbocycles. The summed E-state index contributed by atoms with van der Waals surface area (Å²) in [5.74, 6) is -0.473. The minimum atomic E-state index is -0.833. The third kappa shape index (κ3) is 3.64. The Balaban J connectivity index is 1.83. The van der Waals surface area contributed by atoms with Gasteiger partial charge in [-0.2, -0.15) is 0 Å². The van der Waals surface area contributed by atoms with Crippen LogP contribution < -0.4 is 20.2 Å². The van der Waals surface area contributed by atoms with Crippen LogP contribution in [0.15, 0.2) is 62.8 Å². The largest absolute Gasteiger partial charge is 0.854 e. The van der Waals surface area contributed by atoms with Crippen molar-refractivity contribution < 1.29 is 23.4 Å². The van der Waals surface area contributed by atoms with Gasteiger partial charge in [0.2, 0.25) is 5.69 Å². The second kappa shape index (κ2) is 7.64. The van der Waals surface area contributed by atoms with Crippen LogP contribution in [0.2, 0.25) is 0 Å². The summed E-state index contributed by atoms with van der Waals surface area (Å²) in [4.78, 5) is 15.7. The Morgan fingerprint density at radius 3 is 2.69 bits per heavy atom. The van der Waals surface area contributed by atoms with Crippen LogP contribution >= 0.6 is 0 Å². The van der Waals surface area contributed by atoms with Gasteiger partial charge in [0.15, 0.2) is 0 Å². The van der Waals surface area contributed by atoms with Gasteiger partial charge < -0.3 is 9.84 Å². The number of aromatic nitrogens is 2. The lowest BCUT2D eigenvalue weighted by atomic mass is 10.1. The van der Waals surface area contributed by atoms with Crippen LogP contribution in [0.4, 0.5) is 4.39 Å². The van der Waals surface area contributed by atoms with Gasteiger partial charge in [-0.05, 0) is 40.1 Å². The first-order valence-electron chi connectivity index (χ1n) is 7.83. The summed E-state index contributed by atoms with van der Waals surface area (Å²) in [6.45, 7) is 0.0486. The molecule has 3 rings (SSSR count). The number of H-pyrrole nitrogens is 1. The summed E-state index contributed by atoms with van der Waals surface area (Å²) in [6.07, 6.45) is 0.247. The zero-order valence-electron chi connectivity index (χ0n) is 13.9. The summed E-state index contributed by atoms with van der Waals surface area (Å²) in [6, 6.07) is 12.9. The van der Waals surface area contributed by atoms with E-state index in [0.717, 1.165) is 0 Å². The maximum Gasteiger partial charge on any atom is 0.436 e. The van der Waals surface area contributed by atoms with Gasteiger partial charge in [0, 0.05) is 18.7 Å². The van der Waals surface area contributed by atoms with E-state index in [1.54, 1.807) is 42.5 Å². The molecule has 8 heteroatoms. The van der Waals surface area contributed by atoms with Gasteiger partial charge in [-0.25, -0.2) is 9.18 Å². The molecule has 0 saturated heterocycles. The highest BCUT2D eigenvalue weighted by atomic mass is 19.1. The van der Waals surface area contributed by atoms with E-state index in [0.29, 0.717) is 17.0 Å². The number of hydrogen-bond donors (Lipinski definition) is 1. The summed E-state index contributed by atoms with van der Waals surface area (Å²) >= 11 is 0. The molecule has 0 unspecified atom stereocenters. The fourth-order valence-corrected chi connectivity index (χ4v) is 2.42. The van der Waals surface area contributed by atoms with Gasteiger partial charge in [0.25, 0.3) is 0 Å². The summed E-state index contributed by atoms with van der Waals surface area (Å²) in [7, 11) is 1.53. The van der Waals surface area contributed by atoms with Crippen molar-refractivity contribution in [1.82, 2.24) is 5.27 Å². The molecule has 3 aromatic rings. The maximum atomic E-state index is 13.6. The van der Waals surface area contributed by atoms with Crippen molar-refractivity contribution in [3.63, 3.8) is 0 Å². The quantitative estimate of drug-likeness (QED) is 0.400. The van der Waals surface area contributed by atoms with Crippen LogP contribution in [0.25, 0.3) is 5.69 Å². The fraction of sp³-hybridized carbons (Fsp3) is 0.167. The molecule has 0 saturated carbocycles. The number of rotatable bonds is 6. The molecule has 0 aliphatic rings. The van der Waals surface area contributed by atoms with E-state index < -0.39 is 11.5 Å². The van der Waals surface area contributed by atoms with Gasteiger partial charge in [-0.1, -0.05) is 18.2 Å². The Bertz CT molecular complexity index is 977. The highest BCUT2D eigenvalue weighted by molar-refractivity contribution is 5.86. The van der Waals surface area contributed by atoms with Gasteiger partial charge in [0.05, 0.1) is 13.0 Å². The van der Waals surface area contributed by atoms with E-state index >= 15 is 0 Å². The highest BCUT2D eigenvalue weighted by Crippen LogP contribution is 2.11. The number of nitrogens with zero attached hydrogens (tertiary/aromatic N) is 2. The number of aromatic amines is 1. The normalized spacial score (nSPS) is 11.5. The third-order valence-electron chi connectivity index (χ3n) is 3.77. The molecule has 0 amide bonds. The SMILES string of the molecule is COc1ccc(-[n+]2[nH]oc(=O)c2C([O-])=NCCc2ccccc2F)cc1. The standard InChI is InChI=1S/C18H16FN3O4/c1-25-14-8-6-13(7-9-14)22-16(18(24)26-21-22)17(23)20-11-10-12-4-2-3-5-15(12)19/h2-9H,10-11H2,1H3,(H-,20,21,23,24). The first kappa shape index (κ1) is 17.4. The predicted octanol–water partition coefficient (Wildman–Crippen LogP) is 0.742. The molecule has 1 aromatic heterocycles. The average Bonchev–Trinajstić information content (AvgIpc) is 3.05. The minimum absolute atomic E-state index is 0.0486. The summed E-state index contributed by atoms with van der Waals surface area (Å²) in [5.41, 5.74) is -0.137. The molecule has 0 fully saturated rings. The van der Waals surface area contributed by atoms with Gasteiger partial charge in [-0.15, -0.1) is 0 Å². The van der Waals surface area contributed by atoms with Crippen LogP contribution in [0.1, 0.15) is 11.3 Å². The smallest absolute Gasteiger partial charge is 0.436 e. The Kier molecular flexibility index (Phi) is 5.12. The molecule has 0 aliphatic carbocycles. The van der Waals surface area contributed by atoms with E-state index in [1.165, 1.54) is 17.9 Å². The zero-order chi connectivity index (χ0) is 18.5. The van der Waals surface area contributed by atoms with Crippen LogP contribution in [0.3, 0.4) is 0 Å². The topological polar surface area (TPSA) is 94.5 Å². The predicted molar refractivity (Wildman–Crippen MR) is 88.9 cm³/mol. The van der Waals surface area contributed by atoms with Crippen molar-refractivity contribution in [3.05, 3.63) is 76.0 Å². The number of halogens is 1. The van der Waals surface area contributed by atoms with E-state index in [-0.39, 0.29) is 24.5 Å². The van der Waals surface area contributed by atoms with Crippen molar-refractivity contribution in [2.45, 2.75) is 6.42 Å². The van der Waals surface area contributed by atoms with E-state index in [2.05, 4.69) is 10.3 Å². The molecule has 0 aliphatic heterocycles. The Hall–Kier alpha value is -3.42. The number of nitrogens with one attached hydrogen (secondary N) is 1. The first-order chi connectivity index (χ1) is 12.6. The van der Waals surface area contributed by atoms with Crippen LogP contribution in [-0.2, 0) is 6.42 Å². The molecule has 26 heavy (non-hydrogen) atoms. The van der Waals surface area contributed by atoms with Crippen LogP contribution in [-0.4, -0.2) is 24.8 Å². The molecule has 134 valence electrons. The van der Waals surface area contributed by atoms with Crippen molar-refractivity contribution in [1.29, 1.82) is 0 Å².